The summed E-state index contributed by atoms with van der Waals surface area (Å²) < 4.78 is 5.70. The van der Waals surface area contributed by atoms with Crippen molar-refractivity contribution in [2.45, 2.75) is 63.2 Å². The molecule has 4 bridgehead atoms. The molecule has 1 aliphatic heterocycles. The molecule has 1 N–H and O–H groups in total. The smallest absolute Gasteiger partial charge is 0.228 e. The number of rotatable bonds is 1. The van der Waals surface area contributed by atoms with Gasteiger partial charge in [0, 0.05) is 17.5 Å². The SMILES string of the molecule is C1CCc2c(C34CC5CC(CC(C5)C3)C4)noc2NC1. The number of aromatic nitrogens is 1. The molecular weight excluding hydrogens is 248 g/mol. The molecule has 0 atom stereocenters. The summed E-state index contributed by atoms with van der Waals surface area (Å²) in [4.78, 5) is 0. The first kappa shape index (κ1) is 11.6. The van der Waals surface area contributed by atoms with Crippen LogP contribution in [-0.4, -0.2) is 11.7 Å². The van der Waals surface area contributed by atoms with Crippen molar-refractivity contribution in [1.82, 2.24) is 5.16 Å². The highest BCUT2D eigenvalue weighted by molar-refractivity contribution is 5.47. The standard InChI is InChI=1S/C17H24N2O/c1-2-4-18-16-14(3-1)15(19-20-16)17-8-11-5-12(9-17)7-13(6-11)10-17/h11-13,18H,1-10H2. The Labute approximate surface area is 120 Å². The van der Waals surface area contributed by atoms with Crippen LogP contribution in [0.15, 0.2) is 4.52 Å². The van der Waals surface area contributed by atoms with Crippen molar-refractivity contribution in [3.05, 3.63) is 11.3 Å². The van der Waals surface area contributed by atoms with Gasteiger partial charge in [0.25, 0.3) is 0 Å². The van der Waals surface area contributed by atoms with Crippen LogP contribution in [0.5, 0.6) is 0 Å². The van der Waals surface area contributed by atoms with Gasteiger partial charge >= 0.3 is 0 Å². The van der Waals surface area contributed by atoms with E-state index in [4.69, 9.17) is 4.52 Å². The summed E-state index contributed by atoms with van der Waals surface area (Å²) in [7, 11) is 0. The fraction of sp³-hybridized carbons (Fsp3) is 0.824. The lowest BCUT2D eigenvalue weighted by molar-refractivity contribution is -0.00881. The molecule has 4 saturated carbocycles. The van der Waals surface area contributed by atoms with E-state index in [1.165, 1.54) is 69.0 Å². The highest BCUT2D eigenvalue weighted by atomic mass is 16.5. The molecule has 0 spiro atoms. The van der Waals surface area contributed by atoms with Gasteiger partial charge < -0.3 is 9.84 Å². The zero-order chi connectivity index (χ0) is 13.2. The number of fused-ring (bicyclic) bond motifs is 1. The third-order valence-electron chi connectivity index (χ3n) is 6.47. The molecule has 3 nitrogen and oxygen atoms in total. The predicted molar refractivity (Wildman–Crippen MR) is 77.8 cm³/mol. The molecule has 108 valence electrons. The number of anilines is 1. The van der Waals surface area contributed by atoms with Crippen molar-refractivity contribution < 1.29 is 4.52 Å². The average Bonchev–Trinajstić information content (AvgIpc) is 2.68. The van der Waals surface area contributed by atoms with Gasteiger partial charge in [0.15, 0.2) is 0 Å². The van der Waals surface area contributed by atoms with Gasteiger partial charge in [-0.1, -0.05) is 5.16 Å². The first-order valence-electron chi connectivity index (χ1n) is 8.55. The van der Waals surface area contributed by atoms with Crippen molar-refractivity contribution in [3.63, 3.8) is 0 Å². The van der Waals surface area contributed by atoms with E-state index in [0.717, 1.165) is 30.2 Å². The highest BCUT2D eigenvalue weighted by Gasteiger charge is 2.53. The monoisotopic (exact) mass is 272 g/mol. The van der Waals surface area contributed by atoms with E-state index in [-0.39, 0.29) is 0 Å². The second kappa shape index (κ2) is 4.02. The molecule has 2 heterocycles. The normalized spacial score (nSPS) is 42.1. The van der Waals surface area contributed by atoms with Gasteiger partial charge in [-0.05, 0) is 75.5 Å². The molecule has 6 rings (SSSR count). The summed E-state index contributed by atoms with van der Waals surface area (Å²) in [5.74, 6) is 3.93. The van der Waals surface area contributed by atoms with Crippen LogP contribution in [0.25, 0.3) is 0 Å². The second-order valence-corrected chi connectivity index (χ2v) is 7.92. The van der Waals surface area contributed by atoms with Crippen molar-refractivity contribution >= 4 is 5.88 Å². The van der Waals surface area contributed by atoms with Crippen LogP contribution in [0.3, 0.4) is 0 Å². The average molecular weight is 272 g/mol. The topological polar surface area (TPSA) is 38.1 Å². The summed E-state index contributed by atoms with van der Waals surface area (Å²) >= 11 is 0. The van der Waals surface area contributed by atoms with Crippen LogP contribution >= 0.6 is 0 Å². The van der Waals surface area contributed by atoms with Gasteiger partial charge in [0.05, 0.1) is 5.69 Å². The Morgan fingerprint density at radius 1 is 1.00 bits per heavy atom. The van der Waals surface area contributed by atoms with Crippen LogP contribution in [0.4, 0.5) is 5.88 Å². The summed E-state index contributed by atoms with van der Waals surface area (Å²) in [6, 6.07) is 0. The van der Waals surface area contributed by atoms with Crippen LogP contribution in [0.1, 0.15) is 62.6 Å². The van der Waals surface area contributed by atoms with E-state index in [2.05, 4.69) is 10.5 Å². The number of hydrogen-bond acceptors (Lipinski definition) is 3. The summed E-state index contributed by atoms with van der Waals surface area (Å²) in [6.07, 6.45) is 12.4. The van der Waals surface area contributed by atoms with Gasteiger partial charge in [-0.15, -0.1) is 0 Å². The van der Waals surface area contributed by atoms with E-state index >= 15 is 0 Å². The van der Waals surface area contributed by atoms with E-state index in [1.807, 2.05) is 0 Å². The quantitative estimate of drug-likeness (QED) is 0.843. The van der Waals surface area contributed by atoms with Gasteiger partial charge in [-0.25, -0.2) is 0 Å². The maximum absolute atomic E-state index is 5.70. The maximum Gasteiger partial charge on any atom is 0.228 e. The van der Waals surface area contributed by atoms with Gasteiger partial charge in [0.1, 0.15) is 0 Å². The lowest BCUT2D eigenvalue weighted by atomic mass is 9.48. The molecule has 4 aliphatic carbocycles. The van der Waals surface area contributed by atoms with Crippen LogP contribution in [0, 0.1) is 17.8 Å². The Kier molecular flexibility index (Phi) is 2.34. The third kappa shape index (κ3) is 1.55. The van der Waals surface area contributed by atoms with E-state index < -0.39 is 0 Å². The molecule has 0 amide bonds. The number of nitrogens with one attached hydrogen (secondary N) is 1. The summed E-state index contributed by atoms with van der Waals surface area (Å²) in [6.45, 7) is 1.04. The van der Waals surface area contributed by atoms with Crippen LogP contribution in [-0.2, 0) is 11.8 Å². The second-order valence-electron chi connectivity index (χ2n) is 7.92. The first-order chi connectivity index (χ1) is 9.82. The molecule has 4 fully saturated rings. The minimum Gasteiger partial charge on any atom is -0.354 e. The predicted octanol–water partition coefficient (Wildman–Crippen LogP) is 3.89. The molecular formula is C17H24N2O. The number of nitrogens with zero attached hydrogens (tertiary/aromatic N) is 1. The fourth-order valence-corrected chi connectivity index (χ4v) is 6.13. The summed E-state index contributed by atoms with van der Waals surface area (Å²) in [5.41, 5.74) is 3.18. The first-order valence-corrected chi connectivity index (χ1v) is 8.55. The van der Waals surface area contributed by atoms with E-state index in [0.29, 0.717) is 5.41 Å². The molecule has 3 heteroatoms. The lowest BCUT2D eigenvalue weighted by Crippen LogP contribution is -2.49. The van der Waals surface area contributed by atoms with Crippen molar-refractivity contribution in [2.24, 2.45) is 17.8 Å². The third-order valence-corrected chi connectivity index (χ3v) is 6.47. The van der Waals surface area contributed by atoms with Crippen molar-refractivity contribution in [2.75, 3.05) is 11.9 Å². The Morgan fingerprint density at radius 3 is 2.40 bits per heavy atom. The Morgan fingerprint density at radius 2 is 1.70 bits per heavy atom. The Bertz CT molecular complexity index is 498. The van der Waals surface area contributed by atoms with E-state index in [9.17, 15) is 0 Å². The van der Waals surface area contributed by atoms with Crippen molar-refractivity contribution in [3.8, 4) is 0 Å². The largest absolute Gasteiger partial charge is 0.354 e. The highest BCUT2D eigenvalue weighted by Crippen LogP contribution is 2.61. The molecule has 0 saturated heterocycles. The molecule has 20 heavy (non-hydrogen) atoms. The molecule has 5 aliphatic rings. The zero-order valence-electron chi connectivity index (χ0n) is 12.2. The number of hydrogen-bond donors (Lipinski definition) is 1. The lowest BCUT2D eigenvalue weighted by Gasteiger charge is -2.56. The molecule has 1 aromatic heterocycles. The minimum absolute atomic E-state index is 0.387. The minimum atomic E-state index is 0.387. The molecule has 0 radical (unpaired) electrons. The van der Waals surface area contributed by atoms with Gasteiger partial charge in [-0.3, -0.25) is 0 Å². The molecule has 0 unspecified atom stereocenters. The molecule has 0 aromatic carbocycles. The van der Waals surface area contributed by atoms with Crippen LogP contribution < -0.4 is 5.32 Å². The van der Waals surface area contributed by atoms with Gasteiger partial charge in [-0.2, -0.15) is 0 Å². The Balaban J connectivity index is 1.58. The van der Waals surface area contributed by atoms with E-state index in [1.54, 1.807) is 0 Å². The maximum atomic E-state index is 5.70. The zero-order valence-corrected chi connectivity index (χ0v) is 12.2. The fourth-order valence-electron chi connectivity index (χ4n) is 6.13. The Hall–Kier alpha value is -0.990. The molecule has 1 aromatic rings. The van der Waals surface area contributed by atoms with Crippen molar-refractivity contribution in [1.29, 1.82) is 0 Å². The van der Waals surface area contributed by atoms with Gasteiger partial charge in [0.2, 0.25) is 5.88 Å². The summed E-state index contributed by atoms with van der Waals surface area (Å²) in [5, 5.41) is 8.04. The van der Waals surface area contributed by atoms with Crippen LogP contribution in [0.2, 0.25) is 0 Å².